The molecule has 0 aliphatic rings. The van der Waals surface area contributed by atoms with Crippen LogP contribution in [0.2, 0.25) is 0 Å². The number of aromatic nitrogens is 1. The molecule has 0 radical (unpaired) electrons. The third-order valence-electron chi connectivity index (χ3n) is 2.48. The normalized spacial score (nSPS) is 11.6. The molecule has 1 atom stereocenters. The first-order valence-corrected chi connectivity index (χ1v) is 5.00. The van der Waals surface area contributed by atoms with Crippen molar-refractivity contribution in [3.05, 3.63) is 12.1 Å². The number of methoxy groups -OCH3 is 1. The highest BCUT2D eigenvalue weighted by molar-refractivity contribution is 5.54. The van der Waals surface area contributed by atoms with E-state index in [1.165, 1.54) is 7.11 Å². The number of hydrogen-bond donors (Lipinski definition) is 1. The summed E-state index contributed by atoms with van der Waals surface area (Å²) in [6, 6.07) is 5.79. The van der Waals surface area contributed by atoms with Crippen molar-refractivity contribution < 1.29 is 4.74 Å². The predicted octanol–water partition coefficient (Wildman–Crippen LogP) is 1.41. The van der Waals surface area contributed by atoms with Gasteiger partial charge in [-0.25, -0.2) is 0 Å². The standard InChI is InChI=1S/C11H16N4O/c1-8(6-7-12)15(2)10-5-4-9(13)11(14-10)16-3/h4-5,8H,6,13H2,1-3H3. The van der Waals surface area contributed by atoms with E-state index in [1.54, 1.807) is 6.07 Å². The summed E-state index contributed by atoms with van der Waals surface area (Å²) in [6.07, 6.45) is 0.449. The summed E-state index contributed by atoms with van der Waals surface area (Å²) in [4.78, 5) is 6.19. The van der Waals surface area contributed by atoms with E-state index in [0.717, 1.165) is 5.82 Å². The second-order valence-corrected chi connectivity index (χ2v) is 3.59. The van der Waals surface area contributed by atoms with Gasteiger partial charge in [-0.15, -0.1) is 0 Å². The van der Waals surface area contributed by atoms with Crippen molar-refractivity contribution in [2.24, 2.45) is 0 Å². The van der Waals surface area contributed by atoms with Gasteiger partial charge in [-0.3, -0.25) is 0 Å². The van der Waals surface area contributed by atoms with Gasteiger partial charge in [-0.05, 0) is 19.1 Å². The maximum absolute atomic E-state index is 8.64. The second-order valence-electron chi connectivity index (χ2n) is 3.59. The molecule has 1 unspecified atom stereocenters. The van der Waals surface area contributed by atoms with Crippen molar-refractivity contribution >= 4 is 11.5 Å². The van der Waals surface area contributed by atoms with E-state index in [-0.39, 0.29) is 6.04 Å². The Balaban J connectivity index is 2.92. The van der Waals surface area contributed by atoms with Crippen LogP contribution in [-0.2, 0) is 0 Å². The molecule has 0 saturated carbocycles. The molecule has 5 nitrogen and oxygen atoms in total. The van der Waals surface area contributed by atoms with Crippen LogP contribution < -0.4 is 15.4 Å². The van der Waals surface area contributed by atoms with Gasteiger partial charge in [0, 0.05) is 13.1 Å². The Bertz CT molecular complexity index is 399. The molecule has 2 N–H and O–H groups in total. The van der Waals surface area contributed by atoms with Crippen LogP contribution >= 0.6 is 0 Å². The van der Waals surface area contributed by atoms with Gasteiger partial charge in [-0.2, -0.15) is 10.2 Å². The quantitative estimate of drug-likeness (QED) is 0.830. The lowest BCUT2D eigenvalue weighted by molar-refractivity contribution is 0.400. The van der Waals surface area contributed by atoms with Gasteiger partial charge < -0.3 is 15.4 Å². The van der Waals surface area contributed by atoms with Gasteiger partial charge in [0.2, 0.25) is 5.88 Å². The van der Waals surface area contributed by atoms with Crippen LogP contribution in [0, 0.1) is 11.3 Å². The Kier molecular flexibility index (Phi) is 3.95. The molecule has 1 aromatic rings. The van der Waals surface area contributed by atoms with Crippen molar-refractivity contribution in [3.63, 3.8) is 0 Å². The lowest BCUT2D eigenvalue weighted by atomic mass is 10.2. The van der Waals surface area contributed by atoms with Gasteiger partial charge in [0.25, 0.3) is 0 Å². The smallest absolute Gasteiger partial charge is 0.238 e. The summed E-state index contributed by atoms with van der Waals surface area (Å²) in [6.45, 7) is 1.97. The number of nitriles is 1. The first kappa shape index (κ1) is 12.1. The van der Waals surface area contributed by atoms with Crippen LogP contribution in [0.5, 0.6) is 5.88 Å². The van der Waals surface area contributed by atoms with Crippen molar-refractivity contribution in [2.75, 3.05) is 24.8 Å². The molecular weight excluding hydrogens is 204 g/mol. The van der Waals surface area contributed by atoms with Crippen LogP contribution in [0.4, 0.5) is 11.5 Å². The van der Waals surface area contributed by atoms with E-state index >= 15 is 0 Å². The first-order chi connectivity index (χ1) is 7.60. The Morgan fingerprint density at radius 1 is 1.62 bits per heavy atom. The molecule has 0 aliphatic heterocycles. The van der Waals surface area contributed by atoms with Crippen LogP contribution in [0.25, 0.3) is 0 Å². The highest BCUT2D eigenvalue weighted by Gasteiger charge is 2.12. The molecular formula is C11H16N4O. The highest BCUT2D eigenvalue weighted by atomic mass is 16.5. The van der Waals surface area contributed by atoms with Crippen molar-refractivity contribution in [3.8, 4) is 11.9 Å². The molecule has 5 heteroatoms. The number of nitrogens with zero attached hydrogens (tertiary/aromatic N) is 3. The van der Waals surface area contributed by atoms with Gasteiger partial charge >= 0.3 is 0 Å². The number of ether oxygens (including phenoxy) is 1. The number of rotatable bonds is 4. The average Bonchev–Trinajstić information content (AvgIpc) is 2.29. The van der Waals surface area contributed by atoms with Crippen molar-refractivity contribution in [1.82, 2.24) is 4.98 Å². The summed E-state index contributed by atoms with van der Waals surface area (Å²) < 4.78 is 5.05. The first-order valence-electron chi connectivity index (χ1n) is 5.00. The van der Waals surface area contributed by atoms with E-state index in [1.807, 2.05) is 24.9 Å². The fourth-order valence-electron chi connectivity index (χ4n) is 1.30. The Morgan fingerprint density at radius 2 is 2.31 bits per heavy atom. The highest BCUT2D eigenvalue weighted by Crippen LogP contribution is 2.23. The largest absolute Gasteiger partial charge is 0.479 e. The zero-order valence-electron chi connectivity index (χ0n) is 9.77. The predicted molar refractivity (Wildman–Crippen MR) is 63.3 cm³/mol. The monoisotopic (exact) mass is 220 g/mol. The summed E-state index contributed by atoms with van der Waals surface area (Å²) in [7, 11) is 3.42. The number of nitrogen functional groups attached to an aromatic ring is 1. The molecule has 1 rings (SSSR count). The molecule has 0 saturated heterocycles. The molecule has 1 aromatic heterocycles. The minimum Gasteiger partial charge on any atom is -0.479 e. The van der Waals surface area contributed by atoms with Gasteiger partial charge in [-0.1, -0.05) is 0 Å². The maximum atomic E-state index is 8.64. The Labute approximate surface area is 95.4 Å². The molecule has 16 heavy (non-hydrogen) atoms. The zero-order chi connectivity index (χ0) is 12.1. The lowest BCUT2D eigenvalue weighted by Gasteiger charge is -2.24. The molecule has 0 spiro atoms. The Hall–Kier alpha value is -1.96. The third-order valence-corrected chi connectivity index (χ3v) is 2.48. The molecule has 0 aliphatic carbocycles. The SMILES string of the molecule is COc1nc(N(C)C(C)CC#N)ccc1N. The summed E-state index contributed by atoms with van der Waals surface area (Å²) >= 11 is 0. The minimum atomic E-state index is 0.103. The van der Waals surface area contributed by atoms with E-state index in [9.17, 15) is 0 Å². The second kappa shape index (κ2) is 5.21. The number of pyridine rings is 1. The van der Waals surface area contributed by atoms with Crippen molar-refractivity contribution in [1.29, 1.82) is 5.26 Å². The topological polar surface area (TPSA) is 75.2 Å². The molecule has 0 fully saturated rings. The third kappa shape index (κ3) is 2.54. The lowest BCUT2D eigenvalue weighted by Crippen LogP contribution is -2.29. The molecule has 0 aromatic carbocycles. The fraction of sp³-hybridized carbons (Fsp3) is 0.455. The van der Waals surface area contributed by atoms with Crippen LogP contribution in [0.1, 0.15) is 13.3 Å². The average molecular weight is 220 g/mol. The number of hydrogen-bond acceptors (Lipinski definition) is 5. The summed E-state index contributed by atoms with van der Waals surface area (Å²) in [5.74, 6) is 1.15. The van der Waals surface area contributed by atoms with Gasteiger partial charge in [0.05, 0.1) is 25.3 Å². The molecule has 0 amide bonds. The van der Waals surface area contributed by atoms with E-state index in [0.29, 0.717) is 18.0 Å². The number of nitrogens with two attached hydrogens (primary N) is 1. The van der Waals surface area contributed by atoms with Gasteiger partial charge in [0.15, 0.2) is 0 Å². The Morgan fingerprint density at radius 3 is 2.88 bits per heavy atom. The van der Waals surface area contributed by atoms with Gasteiger partial charge in [0.1, 0.15) is 5.82 Å². The molecule has 0 bridgehead atoms. The van der Waals surface area contributed by atoms with Crippen LogP contribution in [0.15, 0.2) is 12.1 Å². The minimum absolute atomic E-state index is 0.103. The van der Waals surface area contributed by atoms with E-state index in [4.69, 9.17) is 15.7 Å². The molecule has 86 valence electrons. The summed E-state index contributed by atoms with van der Waals surface area (Å²) in [5.41, 5.74) is 6.18. The fourth-order valence-corrected chi connectivity index (χ4v) is 1.30. The molecule has 1 heterocycles. The van der Waals surface area contributed by atoms with Crippen LogP contribution in [0.3, 0.4) is 0 Å². The van der Waals surface area contributed by atoms with Crippen molar-refractivity contribution in [2.45, 2.75) is 19.4 Å². The number of anilines is 2. The summed E-state index contributed by atoms with van der Waals surface area (Å²) in [5, 5.41) is 8.64. The van der Waals surface area contributed by atoms with E-state index < -0.39 is 0 Å². The van der Waals surface area contributed by atoms with E-state index in [2.05, 4.69) is 11.1 Å². The van der Waals surface area contributed by atoms with Crippen LogP contribution in [-0.4, -0.2) is 25.2 Å². The maximum Gasteiger partial charge on any atom is 0.238 e. The zero-order valence-corrected chi connectivity index (χ0v) is 9.77.